The SMILES string of the molecule is CNc1nc(NCCC2CCN(C)CC2)c(Cl)cc1Cl. The lowest BCUT2D eigenvalue weighted by atomic mass is 9.94. The zero-order chi connectivity index (χ0) is 14.5. The van der Waals surface area contributed by atoms with E-state index in [1.54, 1.807) is 13.1 Å². The Labute approximate surface area is 130 Å². The molecule has 0 bridgehead atoms. The fourth-order valence-corrected chi connectivity index (χ4v) is 3.03. The molecule has 1 saturated heterocycles. The molecule has 1 aromatic rings. The number of hydrogen-bond donors (Lipinski definition) is 2. The summed E-state index contributed by atoms with van der Waals surface area (Å²) in [4.78, 5) is 6.78. The second kappa shape index (κ2) is 7.34. The van der Waals surface area contributed by atoms with E-state index in [2.05, 4.69) is 27.6 Å². The molecular weight excluding hydrogens is 295 g/mol. The van der Waals surface area contributed by atoms with Crippen molar-refractivity contribution in [2.45, 2.75) is 19.3 Å². The van der Waals surface area contributed by atoms with Crippen LogP contribution in [0.3, 0.4) is 0 Å². The van der Waals surface area contributed by atoms with Gasteiger partial charge in [-0.25, -0.2) is 4.98 Å². The predicted octanol–water partition coefficient (Wildman–Crippen LogP) is 3.57. The van der Waals surface area contributed by atoms with Crippen LogP contribution in [0.15, 0.2) is 6.07 Å². The van der Waals surface area contributed by atoms with Crippen molar-refractivity contribution in [2.24, 2.45) is 5.92 Å². The molecule has 1 aliphatic rings. The van der Waals surface area contributed by atoms with Crippen LogP contribution in [0.25, 0.3) is 0 Å². The van der Waals surface area contributed by atoms with E-state index in [9.17, 15) is 0 Å². The first-order valence-electron chi connectivity index (χ1n) is 7.06. The molecule has 0 aliphatic carbocycles. The molecule has 4 nitrogen and oxygen atoms in total. The maximum atomic E-state index is 6.16. The van der Waals surface area contributed by atoms with Crippen molar-refractivity contribution in [1.82, 2.24) is 9.88 Å². The largest absolute Gasteiger partial charge is 0.372 e. The van der Waals surface area contributed by atoms with Crippen LogP contribution in [0, 0.1) is 5.92 Å². The first-order chi connectivity index (χ1) is 9.60. The Balaban J connectivity index is 1.85. The van der Waals surface area contributed by atoms with E-state index < -0.39 is 0 Å². The Morgan fingerprint density at radius 1 is 1.25 bits per heavy atom. The summed E-state index contributed by atoms with van der Waals surface area (Å²) >= 11 is 12.2. The predicted molar refractivity (Wildman–Crippen MR) is 87.1 cm³/mol. The second-order valence-electron chi connectivity index (χ2n) is 5.36. The van der Waals surface area contributed by atoms with Gasteiger partial charge in [0.05, 0.1) is 10.0 Å². The standard InChI is InChI=1S/C14H22Cl2N4/c1-17-13-11(15)9-12(16)14(19-13)18-6-3-10-4-7-20(2)8-5-10/h9-10H,3-8H2,1-2H3,(H2,17,18,19). The van der Waals surface area contributed by atoms with Crippen LogP contribution in [0.2, 0.25) is 10.0 Å². The van der Waals surface area contributed by atoms with Gasteiger partial charge in [0, 0.05) is 13.6 Å². The van der Waals surface area contributed by atoms with Gasteiger partial charge < -0.3 is 15.5 Å². The van der Waals surface area contributed by atoms with Gasteiger partial charge in [0.25, 0.3) is 0 Å². The van der Waals surface area contributed by atoms with Gasteiger partial charge >= 0.3 is 0 Å². The number of halogens is 2. The first-order valence-corrected chi connectivity index (χ1v) is 7.82. The van der Waals surface area contributed by atoms with Crippen LogP contribution in [0.4, 0.5) is 11.6 Å². The maximum Gasteiger partial charge on any atom is 0.147 e. The minimum atomic E-state index is 0.540. The number of pyridine rings is 1. The molecule has 0 saturated carbocycles. The molecule has 2 rings (SSSR count). The molecule has 2 N–H and O–H groups in total. The maximum absolute atomic E-state index is 6.16. The van der Waals surface area contributed by atoms with E-state index in [0.717, 1.165) is 18.9 Å². The Hall–Kier alpha value is -0.710. The fraction of sp³-hybridized carbons (Fsp3) is 0.643. The van der Waals surface area contributed by atoms with E-state index in [1.165, 1.54) is 25.9 Å². The second-order valence-corrected chi connectivity index (χ2v) is 6.18. The van der Waals surface area contributed by atoms with Crippen LogP contribution in [0.5, 0.6) is 0 Å². The Bertz CT molecular complexity index is 445. The van der Waals surface area contributed by atoms with Crippen LogP contribution >= 0.6 is 23.2 Å². The quantitative estimate of drug-likeness (QED) is 0.871. The molecule has 1 aromatic heterocycles. The van der Waals surface area contributed by atoms with Crippen molar-refractivity contribution in [1.29, 1.82) is 0 Å². The lowest BCUT2D eigenvalue weighted by Crippen LogP contribution is -2.30. The van der Waals surface area contributed by atoms with Crippen molar-refractivity contribution in [3.8, 4) is 0 Å². The highest BCUT2D eigenvalue weighted by atomic mass is 35.5. The summed E-state index contributed by atoms with van der Waals surface area (Å²) in [5.74, 6) is 2.15. The van der Waals surface area contributed by atoms with Gasteiger partial charge in [0.15, 0.2) is 0 Å². The number of nitrogens with one attached hydrogen (secondary N) is 2. The summed E-state index contributed by atoms with van der Waals surface area (Å²) in [5, 5.41) is 7.39. The number of anilines is 2. The van der Waals surface area contributed by atoms with Gasteiger partial charge in [0.2, 0.25) is 0 Å². The number of nitrogens with zero attached hydrogens (tertiary/aromatic N) is 2. The molecule has 1 fully saturated rings. The molecule has 1 aliphatic heterocycles. The van der Waals surface area contributed by atoms with Gasteiger partial charge in [0.1, 0.15) is 11.6 Å². The molecule has 0 amide bonds. The summed E-state index contributed by atoms with van der Waals surface area (Å²) < 4.78 is 0. The molecule has 20 heavy (non-hydrogen) atoms. The molecule has 0 atom stereocenters. The molecule has 2 heterocycles. The summed E-state index contributed by atoms with van der Waals surface area (Å²) in [6.07, 6.45) is 3.72. The van der Waals surface area contributed by atoms with Gasteiger partial charge in [-0.3, -0.25) is 0 Å². The highest BCUT2D eigenvalue weighted by Gasteiger charge is 2.16. The van der Waals surface area contributed by atoms with E-state index >= 15 is 0 Å². The normalized spacial score (nSPS) is 17.2. The number of rotatable bonds is 5. The fourth-order valence-electron chi connectivity index (χ4n) is 2.51. The average molecular weight is 317 g/mol. The minimum absolute atomic E-state index is 0.540. The third-order valence-corrected chi connectivity index (χ3v) is 4.43. The van der Waals surface area contributed by atoms with Crippen molar-refractivity contribution < 1.29 is 0 Å². The molecular formula is C14H22Cl2N4. The lowest BCUT2D eigenvalue weighted by Gasteiger charge is -2.29. The highest BCUT2D eigenvalue weighted by Crippen LogP contribution is 2.29. The zero-order valence-corrected chi connectivity index (χ0v) is 13.6. The van der Waals surface area contributed by atoms with Crippen molar-refractivity contribution in [2.75, 3.05) is 44.4 Å². The number of piperidine rings is 1. The van der Waals surface area contributed by atoms with Gasteiger partial charge in [-0.1, -0.05) is 23.2 Å². The van der Waals surface area contributed by atoms with Crippen molar-refractivity contribution in [3.05, 3.63) is 16.1 Å². The Morgan fingerprint density at radius 2 is 1.90 bits per heavy atom. The van der Waals surface area contributed by atoms with Crippen molar-refractivity contribution in [3.63, 3.8) is 0 Å². The first kappa shape index (κ1) is 15.7. The van der Waals surface area contributed by atoms with Gasteiger partial charge in [-0.05, 0) is 51.4 Å². The zero-order valence-electron chi connectivity index (χ0n) is 12.0. The van der Waals surface area contributed by atoms with E-state index in [0.29, 0.717) is 21.7 Å². The molecule has 0 aromatic carbocycles. The monoisotopic (exact) mass is 316 g/mol. The number of likely N-dealkylation sites (tertiary alicyclic amines) is 1. The molecule has 6 heteroatoms. The highest BCUT2D eigenvalue weighted by molar-refractivity contribution is 6.37. The van der Waals surface area contributed by atoms with E-state index in [-0.39, 0.29) is 0 Å². The van der Waals surface area contributed by atoms with E-state index in [4.69, 9.17) is 23.2 Å². The minimum Gasteiger partial charge on any atom is -0.372 e. The third-order valence-electron chi connectivity index (χ3n) is 3.85. The Kier molecular flexibility index (Phi) is 5.75. The summed E-state index contributed by atoms with van der Waals surface area (Å²) in [6, 6.07) is 1.72. The lowest BCUT2D eigenvalue weighted by molar-refractivity contribution is 0.215. The van der Waals surface area contributed by atoms with E-state index in [1.807, 2.05) is 0 Å². The third kappa shape index (κ3) is 4.14. The van der Waals surface area contributed by atoms with Crippen LogP contribution in [-0.4, -0.2) is 43.6 Å². The van der Waals surface area contributed by atoms with Gasteiger partial charge in [-0.2, -0.15) is 0 Å². The summed E-state index contributed by atoms with van der Waals surface area (Å²) in [6.45, 7) is 3.30. The van der Waals surface area contributed by atoms with Crippen molar-refractivity contribution >= 4 is 34.8 Å². The molecule has 0 unspecified atom stereocenters. The number of aromatic nitrogens is 1. The van der Waals surface area contributed by atoms with Gasteiger partial charge in [-0.15, -0.1) is 0 Å². The molecule has 0 radical (unpaired) electrons. The topological polar surface area (TPSA) is 40.2 Å². The summed E-state index contributed by atoms with van der Waals surface area (Å²) in [5.41, 5.74) is 0. The molecule has 112 valence electrons. The smallest absolute Gasteiger partial charge is 0.147 e. The number of hydrogen-bond acceptors (Lipinski definition) is 4. The average Bonchev–Trinajstić information content (AvgIpc) is 2.43. The Morgan fingerprint density at radius 3 is 2.55 bits per heavy atom. The van der Waals surface area contributed by atoms with Crippen LogP contribution in [-0.2, 0) is 0 Å². The summed E-state index contributed by atoms with van der Waals surface area (Å²) in [7, 11) is 3.98. The van der Waals surface area contributed by atoms with Crippen LogP contribution in [0.1, 0.15) is 19.3 Å². The molecule has 0 spiro atoms. The van der Waals surface area contributed by atoms with Crippen LogP contribution < -0.4 is 10.6 Å².